The summed E-state index contributed by atoms with van der Waals surface area (Å²) in [6, 6.07) is 5.73. The fraction of sp³-hybridized carbons (Fsp3) is 0.533. The summed E-state index contributed by atoms with van der Waals surface area (Å²) in [5.74, 6) is 1.23. The van der Waals surface area contributed by atoms with E-state index in [0.29, 0.717) is 13.2 Å². The second kappa shape index (κ2) is 6.61. The van der Waals surface area contributed by atoms with Gasteiger partial charge in [0.15, 0.2) is 0 Å². The number of methoxy groups -OCH3 is 2. The highest BCUT2D eigenvalue weighted by atomic mass is 16.5. The molecule has 20 heavy (non-hydrogen) atoms. The first-order chi connectivity index (χ1) is 9.69. The summed E-state index contributed by atoms with van der Waals surface area (Å²) < 4.78 is 15.7. The summed E-state index contributed by atoms with van der Waals surface area (Å²) in [4.78, 5) is 12.0. The molecule has 0 radical (unpaired) electrons. The normalized spacial score (nSPS) is 21.6. The van der Waals surface area contributed by atoms with Crippen LogP contribution in [0.1, 0.15) is 18.4 Å². The van der Waals surface area contributed by atoms with E-state index in [0.717, 1.165) is 23.6 Å². The van der Waals surface area contributed by atoms with Gasteiger partial charge in [0, 0.05) is 25.1 Å². The Labute approximate surface area is 119 Å². The first-order valence-corrected chi connectivity index (χ1v) is 6.80. The Morgan fingerprint density at radius 1 is 1.20 bits per heavy atom. The van der Waals surface area contributed by atoms with Gasteiger partial charge in [-0.3, -0.25) is 4.79 Å². The number of nitrogens with one attached hydrogen (secondary N) is 1. The summed E-state index contributed by atoms with van der Waals surface area (Å²) in [6.07, 6.45) is 0. The van der Waals surface area contributed by atoms with Crippen molar-refractivity contribution in [2.45, 2.75) is 12.8 Å². The van der Waals surface area contributed by atoms with Gasteiger partial charge in [0.1, 0.15) is 11.5 Å². The molecular weight excluding hydrogens is 258 g/mol. The van der Waals surface area contributed by atoms with Gasteiger partial charge >= 0.3 is 5.97 Å². The van der Waals surface area contributed by atoms with Crippen LogP contribution < -0.4 is 14.8 Å². The highest BCUT2D eigenvalue weighted by Crippen LogP contribution is 2.34. The molecule has 0 spiro atoms. The molecule has 0 saturated carbocycles. The number of esters is 1. The SMILES string of the molecule is CCOC(=O)[C@@H]1CNC[C@H]1c1cc(OC)cc(OC)c1. The molecule has 1 N–H and O–H groups in total. The van der Waals surface area contributed by atoms with Crippen LogP contribution in [0, 0.1) is 5.92 Å². The van der Waals surface area contributed by atoms with E-state index in [2.05, 4.69) is 5.32 Å². The van der Waals surface area contributed by atoms with Gasteiger partial charge in [-0.15, -0.1) is 0 Å². The Balaban J connectivity index is 2.27. The minimum Gasteiger partial charge on any atom is -0.497 e. The molecule has 2 rings (SSSR count). The first kappa shape index (κ1) is 14.7. The zero-order chi connectivity index (χ0) is 14.5. The monoisotopic (exact) mass is 279 g/mol. The largest absolute Gasteiger partial charge is 0.497 e. The number of benzene rings is 1. The van der Waals surface area contributed by atoms with Crippen LogP contribution in [-0.2, 0) is 9.53 Å². The molecule has 1 fully saturated rings. The lowest BCUT2D eigenvalue weighted by atomic mass is 9.88. The highest BCUT2D eigenvalue weighted by molar-refractivity contribution is 5.74. The van der Waals surface area contributed by atoms with Crippen LogP contribution in [0.2, 0.25) is 0 Å². The van der Waals surface area contributed by atoms with Crippen molar-refractivity contribution in [3.05, 3.63) is 23.8 Å². The molecule has 0 aliphatic carbocycles. The molecule has 1 aromatic carbocycles. The molecule has 0 aromatic heterocycles. The van der Waals surface area contributed by atoms with Gasteiger partial charge in [0.25, 0.3) is 0 Å². The van der Waals surface area contributed by atoms with E-state index < -0.39 is 0 Å². The number of rotatable bonds is 5. The third-order valence-electron chi connectivity index (χ3n) is 3.61. The Hall–Kier alpha value is -1.75. The molecule has 0 unspecified atom stereocenters. The Morgan fingerprint density at radius 2 is 1.85 bits per heavy atom. The average Bonchev–Trinajstić information content (AvgIpc) is 2.96. The van der Waals surface area contributed by atoms with E-state index in [1.165, 1.54) is 0 Å². The van der Waals surface area contributed by atoms with E-state index in [-0.39, 0.29) is 17.8 Å². The number of carbonyl (C=O) groups excluding carboxylic acids is 1. The highest BCUT2D eigenvalue weighted by Gasteiger charge is 2.35. The van der Waals surface area contributed by atoms with Crippen LogP contribution in [0.15, 0.2) is 18.2 Å². The quantitative estimate of drug-likeness (QED) is 0.829. The van der Waals surface area contributed by atoms with Crippen LogP contribution in [0.5, 0.6) is 11.5 Å². The van der Waals surface area contributed by atoms with Crippen molar-refractivity contribution < 1.29 is 19.0 Å². The van der Waals surface area contributed by atoms with Gasteiger partial charge in [-0.05, 0) is 24.6 Å². The second-order valence-corrected chi connectivity index (χ2v) is 4.77. The molecule has 1 heterocycles. The van der Waals surface area contributed by atoms with Gasteiger partial charge in [-0.1, -0.05) is 0 Å². The molecular formula is C15H21NO4. The summed E-state index contributed by atoms with van der Waals surface area (Å²) in [6.45, 7) is 3.62. The van der Waals surface area contributed by atoms with Gasteiger partial charge in [0.2, 0.25) is 0 Å². The van der Waals surface area contributed by atoms with Gasteiger partial charge in [0.05, 0.1) is 26.7 Å². The topological polar surface area (TPSA) is 56.8 Å². The van der Waals surface area contributed by atoms with E-state index in [1.54, 1.807) is 14.2 Å². The minimum absolute atomic E-state index is 0.0815. The van der Waals surface area contributed by atoms with E-state index in [4.69, 9.17) is 14.2 Å². The molecule has 0 amide bonds. The maximum atomic E-state index is 12.0. The maximum Gasteiger partial charge on any atom is 0.310 e. The van der Waals surface area contributed by atoms with Crippen molar-refractivity contribution in [2.24, 2.45) is 5.92 Å². The molecule has 0 bridgehead atoms. The van der Waals surface area contributed by atoms with Gasteiger partial charge < -0.3 is 19.5 Å². The zero-order valence-electron chi connectivity index (χ0n) is 12.1. The average molecular weight is 279 g/mol. The predicted octanol–water partition coefficient (Wildman–Crippen LogP) is 1.57. The third-order valence-corrected chi connectivity index (χ3v) is 3.61. The van der Waals surface area contributed by atoms with Gasteiger partial charge in [-0.25, -0.2) is 0 Å². The molecule has 1 aliphatic rings. The van der Waals surface area contributed by atoms with Crippen molar-refractivity contribution in [1.82, 2.24) is 5.32 Å². The fourth-order valence-corrected chi connectivity index (χ4v) is 2.57. The first-order valence-electron chi connectivity index (χ1n) is 6.80. The lowest BCUT2D eigenvalue weighted by Crippen LogP contribution is -2.24. The zero-order valence-corrected chi connectivity index (χ0v) is 12.1. The van der Waals surface area contributed by atoms with Crippen LogP contribution in [0.25, 0.3) is 0 Å². The lowest BCUT2D eigenvalue weighted by molar-refractivity contribution is -0.147. The fourth-order valence-electron chi connectivity index (χ4n) is 2.57. The molecule has 5 nitrogen and oxygen atoms in total. The molecule has 5 heteroatoms. The van der Waals surface area contributed by atoms with Crippen LogP contribution >= 0.6 is 0 Å². The number of hydrogen-bond donors (Lipinski definition) is 1. The molecule has 1 aromatic rings. The van der Waals surface area contributed by atoms with Crippen molar-refractivity contribution in [3.63, 3.8) is 0 Å². The standard InChI is InChI=1S/C15H21NO4/c1-4-20-15(17)14-9-16-8-13(14)10-5-11(18-2)7-12(6-10)19-3/h5-7,13-14,16H,4,8-9H2,1-3H3/t13-,14+/m0/s1. The van der Waals surface area contributed by atoms with Gasteiger partial charge in [-0.2, -0.15) is 0 Å². The molecule has 110 valence electrons. The van der Waals surface area contributed by atoms with Crippen molar-refractivity contribution >= 4 is 5.97 Å². The predicted molar refractivity (Wildman–Crippen MR) is 75.3 cm³/mol. The van der Waals surface area contributed by atoms with Crippen molar-refractivity contribution in [1.29, 1.82) is 0 Å². The Kier molecular flexibility index (Phi) is 4.84. The Morgan fingerprint density at radius 3 is 2.40 bits per heavy atom. The number of hydrogen-bond acceptors (Lipinski definition) is 5. The minimum atomic E-state index is -0.160. The maximum absolute atomic E-state index is 12.0. The van der Waals surface area contributed by atoms with Crippen LogP contribution in [0.4, 0.5) is 0 Å². The van der Waals surface area contributed by atoms with Crippen LogP contribution in [-0.4, -0.2) is 39.9 Å². The number of ether oxygens (including phenoxy) is 3. The molecule has 1 aliphatic heterocycles. The Bertz CT molecular complexity index is 453. The van der Waals surface area contributed by atoms with Crippen LogP contribution in [0.3, 0.4) is 0 Å². The summed E-state index contributed by atoms with van der Waals surface area (Å²) in [5.41, 5.74) is 1.03. The summed E-state index contributed by atoms with van der Waals surface area (Å²) in [5, 5.41) is 3.25. The van der Waals surface area contributed by atoms with E-state index in [9.17, 15) is 4.79 Å². The second-order valence-electron chi connectivity index (χ2n) is 4.77. The summed E-state index contributed by atoms with van der Waals surface area (Å²) in [7, 11) is 3.24. The smallest absolute Gasteiger partial charge is 0.310 e. The third kappa shape index (κ3) is 3.04. The molecule has 2 atom stereocenters. The van der Waals surface area contributed by atoms with Crippen molar-refractivity contribution in [3.8, 4) is 11.5 Å². The van der Waals surface area contributed by atoms with E-state index >= 15 is 0 Å². The van der Waals surface area contributed by atoms with Crippen molar-refractivity contribution in [2.75, 3.05) is 33.9 Å². The number of carbonyl (C=O) groups is 1. The van der Waals surface area contributed by atoms with E-state index in [1.807, 2.05) is 25.1 Å². The summed E-state index contributed by atoms with van der Waals surface area (Å²) >= 11 is 0. The molecule has 1 saturated heterocycles. The lowest BCUT2D eigenvalue weighted by Gasteiger charge is -2.19.